The smallest absolute Gasteiger partial charge is 0.263 e. The Morgan fingerprint density at radius 3 is 2.71 bits per heavy atom. The molecule has 4 nitrogen and oxygen atoms in total. The summed E-state index contributed by atoms with van der Waals surface area (Å²) in [5, 5.41) is 2.96. The summed E-state index contributed by atoms with van der Waals surface area (Å²) >= 11 is 0. The van der Waals surface area contributed by atoms with Crippen molar-refractivity contribution in [2.24, 2.45) is 5.92 Å². The number of carbonyl (C=O) groups excluding carboxylic acids is 1. The molecule has 116 valence electrons. The summed E-state index contributed by atoms with van der Waals surface area (Å²) in [6, 6.07) is 7.73. The fourth-order valence-electron chi connectivity index (χ4n) is 2.36. The predicted molar refractivity (Wildman–Crippen MR) is 82.4 cm³/mol. The summed E-state index contributed by atoms with van der Waals surface area (Å²) in [6.45, 7) is 7.95. The average Bonchev–Trinajstić information content (AvgIpc) is 2.94. The van der Waals surface area contributed by atoms with Crippen LogP contribution in [0, 0.1) is 12.8 Å². The van der Waals surface area contributed by atoms with Crippen LogP contribution in [0.2, 0.25) is 0 Å². The number of ether oxygens (including phenoxy) is 2. The summed E-state index contributed by atoms with van der Waals surface area (Å²) in [7, 11) is 0. The van der Waals surface area contributed by atoms with Crippen molar-refractivity contribution in [2.75, 3.05) is 19.8 Å². The minimum absolute atomic E-state index is 0.0815. The van der Waals surface area contributed by atoms with Crippen molar-refractivity contribution in [1.29, 1.82) is 0 Å². The standard InChI is InChI=1S/C17H25NO3/c1-13-4-6-15(7-5-13)21-17(2,3)16(19)18-10-8-14-9-11-20-12-14/h4-7,14H,8-12H2,1-3H3,(H,18,19)/t14-/m1/s1. The first-order valence-electron chi connectivity index (χ1n) is 7.59. The highest BCUT2D eigenvalue weighted by Gasteiger charge is 2.29. The summed E-state index contributed by atoms with van der Waals surface area (Å²) in [6.07, 6.45) is 2.06. The predicted octanol–water partition coefficient (Wildman–Crippen LogP) is 2.70. The Labute approximate surface area is 126 Å². The van der Waals surface area contributed by atoms with Gasteiger partial charge in [-0.15, -0.1) is 0 Å². The van der Waals surface area contributed by atoms with Gasteiger partial charge >= 0.3 is 0 Å². The molecule has 0 aromatic heterocycles. The lowest BCUT2D eigenvalue weighted by atomic mass is 10.0. The van der Waals surface area contributed by atoms with Gasteiger partial charge in [0, 0.05) is 19.8 Å². The minimum atomic E-state index is -0.874. The number of aryl methyl sites for hydroxylation is 1. The first kappa shape index (κ1) is 15.8. The van der Waals surface area contributed by atoms with E-state index in [2.05, 4.69) is 5.32 Å². The third kappa shape index (κ3) is 4.74. The lowest BCUT2D eigenvalue weighted by Gasteiger charge is -2.25. The highest BCUT2D eigenvalue weighted by molar-refractivity contribution is 5.84. The van der Waals surface area contributed by atoms with Crippen molar-refractivity contribution in [2.45, 2.75) is 39.2 Å². The van der Waals surface area contributed by atoms with Crippen LogP contribution in [-0.2, 0) is 9.53 Å². The molecule has 1 saturated heterocycles. The Morgan fingerprint density at radius 2 is 2.10 bits per heavy atom. The van der Waals surface area contributed by atoms with Crippen LogP contribution < -0.4 is 10.1 Å². The number of hydrogen-bond donors (Lipinski definition) is 1. The zero-order chi connectivity index (χ0) is 15.3. The van der Waals surface area contributed by atoms with Crippen molar-refractivity contribution in [3.05, 3.63) is 29.8 Å². The van der Waals surface area contributed by atoms with Crippen molar-refractivity contribution in [3.63, 3.8) is 0 Å². The molecule has 0 spiro atoms. The molecule has 4 heteroatoms. The van der Waals surface area contributed by atoms with Gasteiger partial charge in [0.1, 0.15) is 5.75 Å². The van der Waals surface area contributed by atoms with E-state index in [0.29, 0.717) is 18.2 Å². The monoisotopic (exact) mass is 291 g/mol. The van der Waals surface area contributed by atoms with Crippen LogP contribution in [0.3, 0.4) is 0 Å². The molecule has 1 aliphatic rings. The van der Waals surface area contributed by atoms with E-state index in [1.807, 2.05) is 31.2 Å². The van der Waals surface area contributed by atoms with Crippen molar-refractivity contribution in [1.82, 2.24) is 5.32 Å². The zero-order valence-electron chi connectivity index (χ0n) is 13.1. The molecular formula is C17H25NO3. The fourth-order valence-corrected chi connectivity index (χ4v) is 2.36. The van der Waals surface area contributed by atoms with Crippen LogP contribution in [-0.4, -0.2) is 31.3 Å². The van der Waals surface area contributed by atoms with Gasteiger partial charge in [-0.05, 0) is 51.7 Å². The van der Waals surface area contributed by atoms with Crippen LogP contribution in [0.25, 0.3) is 0 Å². The number of hydrogen-bond acceptors (Lipinski definition) is 3. The first-order valence-corrected chi connectivity index (χ1v) is 7.59. The van der Waals surface area contributed by atoms with Crippen LogP contribution in [0.1, 0.15) is 32.3 Å². The van der Waals surface area contributed by atoms with Gasteiger partial charge in [0.25, 0.3) is 5.91 Å². The Balaban J connectivity index is 1.79. The molecule has 0 unspecified atom stereocenters. The fraction of sp³-hybridized carbons (Fsp3) is 0.588. The van der Waals surface area contributed by atoms with E-state index in [1.54, 1.807) is 13.8 Å². The lowest BCUT2D eigenvalue weighted by molar-refractivity contribution is -0.134. The molecule has 0 bridgehead atoms. The largest absolute Gasteiger partial charge is 0.478 e. The van der Waals surface area contributed by atoms with Crippen LogP contribution in [0.4, 0.5) is 0 Å². The lowest BCUT2D eigenvalue weighted by Crippen LogP contribution is -2.47. The van der Waals surface area contributed by atoms with E-state index < -0.39 is 5.60 Å². The summed E-state index contributed by atoms with van der Waals surface area (Å²) in [4.78, 5) is 12.2. The van der Waals surface area contributed by atoms with Gasteiger partial charge in [0.2, 0.25) is 0 Å². The summed E-state index contributed by atoms with van der Waals surface area (Å²) in [5.41, 5.74) is 0.296. The minimum Gasteiger partial charge on any atom is -0.478 e. The maximum Gasteiger partial charge on any atom is 0.263 e. The van der Waals surface area contributed by atoms with Gasteiger partial charge in [0.15, 0.2) is 5.60 Å². The van der Waals surface area contributed by atoms with Gasteiger partial charge in [-0.3, -0.25) is 4.79 Å². The molecule has 0 saturated carbocycles. The molecule has 0 radical (unpaired) electrons. The van der Waals surface area contributed by atoms with E-state index in [0.717, 1.165) is 26.1 Å². The highest BCUT2D eigenvalue weighted by atomic mass is 16.5. The number of nitrogens with one attached hydrogen (secondary N) is 1. The summed E-state index contributed by atoms with van der Waals surface area (Å²) < 4.78 is 11.1. The Morgan fingerprint density at radius 1 is 1.38 bits per heavy atom. The van der Waals surface area contributed by atoms with Gasteiger partial charge in [-0.1, -0.05) is 17.7 Å². The number of amides is 1. The molecule has 1 aromatic carbocycles. The molecule has 1 aromatic rings. The second-order valence-electron chi connectivity index (χ2n) is 6.20. The average molecular weight is 291 g/mol. The number of benzene rings is 1. The molecule has 0 aliphatic carbocycles. The molecule has 1 heterocycles. The van der Waals surface area contributed by atoms with E-state index in [-0.39, 0.29) is 5.91 Å². The van der Waals surface area contributed by atoms with Gasteiger partial charge in [-0.25, -0.2) is 0 Å². The Bertz CT molecular complexity index is 461. The van der Waals surface area contributed by atoms with Crippen LogP contribution >= 0.6 is 0 Å². The second-order valence-corrected chi connectivity index (χ2v) is 6.20. The second kappa shape index (κ2) is 6.94. The maximum absolute atomic E-state index is 12.2. The van der Waals surface area contributed by atoms with Gasteiger partial charge in [0.05, 0.1) is 0 Å². The SMILES string of the molecule is Cc1ccc(OC(C)(C)C(=O)NCC[C@@H]2CCOC2)cc1. The van der Waals surface area contributed by atoms with Crippen molar-refractivity contribution < 1.29 is 14.3 Å². The number of carbonyl (C=O) groups is 1. The quantitative estimate of drug-likeness (QED) is 0.876. The van der Waals surface area contributed by atoms with E-state index in [1.165, 1.54) is 5.56 Å². The maximum atomic E-state index is 12.2. The van der Waals surface area contributed by atoms with Gasteiger partial charge in [-0.2, -0.15) is 0 Å². The van der Waals surface area contributed by atoms with Crippen molar-refractivity contribution >= 4 is 5.91 Å². The van der Waals surface area contributed by atoms with E-state index in [9.17, 15) is 4.79 Å². The summed E-state index contributed by atoms with van der Waals surface area (Å²) in [5.74, 6) is 1.21. The van der Waals surface area contributed by atoms with E-state index >= 15 is 0 Å². The molecule has 1 amide bonds. The highest BCUT2D eigenvalue weighted by Crippen LogP contribution is 2.19. The Hall–Kier alpha value is -1.55. The normalized spacial score (nSPS) is 18.5. The molecule has 21 heavy (non-hydrogen) atoms. The molecule has 1 fully saturated rings. The first-order chi connectivity index (χ1) is 9.97. The zero-order valence-corrected chi connectivity index (χ0v) is 13.1. The van der Waals surface area contributed by atoms with E-state index in [4.69, 9.17) is 9.47 Å². The third-order valence-electron chi connectivity index (χ3n) is 3.80. The molecule has 1 aliphatic heterocycles. The molecule has 2 rings (SSSR count). The molecular weight excluding hydrogens is 266 g/mol. The topological polar surface area (TPSA) is 47.6 Å². The molecule has 1 atom stereocenters. The van der Waals surface area contributed by atoms with Gasteiger partial charge < -0.3 is 14.8 Å². The van der Waals surface area contributed by atoms with Crippen LogP contribution in [0.15, 0.2) is 24.3 Å². The third-order valence-corrected chi connectivity index (χ3v) is 3.80. The molecule has 1 N–H and O–H groups in total. The van der Waals surface area contributed by atoms with Crippen LogP contribution in [0.5, 0.6) is 5.75 Å². The number of rotatable bonds is 6. The Kier molecular flexibility index (Phi) is 5.23. The van der Waals surface area contributed by atoms with Crippen molar-refractivity contribution in [3.8, 4) is 5.75 Å².